The third-order valence-corrected chi connectivity index (χ3v) is 5.58. The van der Waals surface area contributed by atoms with E-state index in [2.05, 4.69) is 15.6 Å². The van der Waals surface area contributed by atoms with Gasteiger partial charge in [-0.1, -0.05) is 66.7 Å². The Morgan fingerprint density at radius 1 is 0.917 bits per heavy atom. The minimum atomic E-state index is -1.13. The minimum Gasteiger partial charge on any atom is -0.480 e. The molecule has 0 aliphatic carbocycles. The van der Waals surface area contributed by atoms with Crippen molar-refractivity contribution in [3.63, 3.8) is 0 Å². The van der Waals surface area contributed by atoms with Gasteiger partial charge in [-0.25, -0.2) is 9.78 Å². The molecule has 8 nitrogen and oxygen atoms in total. The number of carboxylic acids is 1. The first kappa shape index (κ1) is 24.4. The summed E-state index contributed by atoms with van der Waals surface area (Å²) < 4.78 is 5.46. The number of aliphatic carboxylic acids is 1. The van der Waals surface area contributed by atoms with Gasteiger partial charge in [-0.05, 0) is 34.4 Å². The molecule has 0 fully saturated rings. The second kappa shape index (κ2) is 11.1. The topological polar surface area (TPSA) is 122 Å². The van der Waals surface area contributed by atoms with Gasteiger partial charge in [0, 0.05) is 25.5 Å². The molecule has 1 aromatic heterocycles. The van der Waals surface area contributed by atoms with E-state index >= 15 is 0 Å². The maximum atomic E-state index is 12.8. The summed E-state index contributed by atoms with van der Waals surface area (Å²) >= 11 is 0. The number of carboxylic acid groups (broad SMARTS) is 1. The highest BCUT2D eigenvalue weighted by molar-refractivity contribution is 5.96. The molecule has 36 heavy (non-hydrogen) atoms. The van der Waals surface area contributed by atoms with E-state index < -0.39 is 17.9 Å². The number of carbonyl (C=O) groups is 3. The number of carbonyl (C=O) groups excluding carboxylic acids is 2. The number of aromatic nitrogens is 1. The van der Waals surface area contributed by atoms with Crippen LogP contribution >= 0.6 is 0 Å². The highest BCUT2D eigenvalue weighted by Crippen LogP contribution is 2.24. The van der Waals surface area contributed by atoms with Gasteiger partial charge in [0.2, 0.25) is 5.91 Å². The molecular formula is C28H25N3O5. The summed E-state index contributed by atoms with van der Waals surface area (Å²) in [6.45, 7) is 1.46. The van der Waals surface area contributed by atoms with Crippen molar-refractivity contribution in [1.82, 2.24) is 10.3 Å². The van der Waals surface area contributed by atoms with E-state index in [0.717, 1.165) is 22.3 Å². The molecule has 0 saturated heterocycles. The molecule has 0 unspecified atom stereocenters. The molecule has 0 radical (unpaired) electrons. The van der Waals surface area contributed by atoms with Crippen molar-refractivity contribution in [3.05, 3.63) is 108 Å². The SMILES string of the molecule is CC(=O)Nc1cccc(-c2ccc(Cc3ocnc3C(=O)N[C@H](Cc3ccccc3)C(=O)O)cc2)c1. The van der Waals surface area contributed by atoms with E-state index in [4.69, 9.17) is 4.42 Å². The lowest BCUT2D eigenvalue weighted by atomic mass is 10.0. The number of nitrogens with one attached hydrogen (secondary N) is 2. The molecule has 0 aliphatic rings. The zero-order valence-corrected chi connectivity index (χ0v) is 19.6. The van der Waals surface area contributed by atoms with E-state index in [-0.39, 0.29) is 18.0 Å². The standard InChI is InChI=1S/C28H25N3O5/c1-18(32)30-23-9-5-8-22(16-23)21-12-10-20(11-13-21)15-25-26(29-17-36-25)27(33)31-24(28(34)35)14-19-6-3-2-4-7-19/h2-13,16-17,24H,14-15H2,1H3,(H,30,32)(H,31,33)(H,34,35)/t24-/m1/s1. The molecule has 4 rings (SSSR count). The summed E-state index contributed by atoms with van der Waals surface area (Å²) in [5.41, 5.74) is 4.38. The lowest BCUT2D eigenvalue weighted by Crippen LogP contribution is -2.42. The first-order chi connectivity index (χ1) is 17.4. The number of nitrogens with zero attached hydrogens (tertiary/aromatic N) is 1. The number of hydrogen-bond donors (Lipinski definition) is 3. The fourth-order valence-electron chi connectivity index (χ4n) is 3.84. The number of hydrogen-bond acceptors (Lipinski definition) is 5. The van der Waals surface area contributed by atoms with E-state index in [1.807, 2.05) is 78.9 Å². The van der Waals surface area contributed by atoms with Crippen LogP contribution in [0.25, 0.3) is 11.1 Å². The highest BCUT2D eigenvalue weighted by atomic mass is 16.4. The molecule has 8 heteroatoms. The zero-order chi connectivity index (χ0) is 25.5. The van der Waals surface area contributed by atoms with E-state index in [1.165, 1.54) is 13.3 Å². The van der Waals surface area contributed by atoms with Gasteiger partial charge < -0.3 is 20.2 Å². The molecule has 0 saturated carbocycles. The average molecular weight is 484 g/mol. The summed E-state index contributed by atoms with van der Waals surface area (Å²) in [6.07, 6.45) is 1.64. The molecule has 3 aromatic carbocycles. The molecule has 2 amide bonds. The van der Waals surface area contributed by atoms with Crippen LogP contribution in [0.5, 0.6) is 0 Å². The van der Waals surface area contributed by atoms with Gasteiger partial charge in [0.25, 0.3) is 5.91 Å². The van der Waals surface area contributed by atoms with Crippen molar-refractivity contribution in [2.45, 2.75) is 25.8 Å². The van der Waals surface area contributed by atoms with Crippen LogP contribution in [-0.4, -0.2) is 33.9 Å². The average Bonchev–Trinajstić information content (AvgIpc) is 3.32. The van der Waals surface area contributed by atoms with Crippen LogP contribution < -0.4 is 10.6 Å². The quantitative estimate of drug-likeness (QED) is 0.326. The number of benzene rings is 3. The minimum absolute atomic E-state index is 0.0568. The Hall–Kier alpha value is -4.72. The predicted octanol–water partition coefficient (Wildman–Crippen LogP) is 4.32. The van der Waals surface area contributed by atoms with Crippen LogP contribution in [0.15, 0.2) is 89.7 Å². The Bertz CT molecular complexity index is 1360. The van der Waals surface area contributed by atoms with Crippen LogP contribution in [0.4, 0.5) is 5.69 Å². The maximum Gasteiger partial charge on any atom is 0.326 e. The zero-order valence-electron chi connectivity index (χ0n) is 19.6. The van der Waals surface area contributed by atoms with Crippen molar-refractivity contribution >= 4 is 23.5 Å². The first-order valence-electron chi connectivity index (χ1n) is 11.4. The van der Waals surface area contributed by atoms with Gasteiger partial charge in [0.15, 0.2) is 12.1 Å². The summed E-state index contributed by atoms with van der Waals surface area (Å²) in [6, 6.07) is 23.3. The summed E-state index contributed by atoms with van der Waals surface area (Å²) in [4.78, 5) is 39.9. The fraction of sp³-hybridized carbons (Fsp3) is 0.143. The van der Waals surface area contributed by atoms with Crippen molar-refractivity contribution in [2.75, 3.05) is 5.32 Å². The van der Waals surface area contributed by atoms with Crippen molar-refractivity contribution in [3.8, 4) is 11.1 Å². The van der Waals surface area contributed by atoms with Crippen LogP contribution in [0.1, 0.15) is 34.3 Å². The van der Waals surface area contributed by atoms with Gasteiger partial charge in [-0.15, -0.1) is 0 Å². The molecule has 3 N–H and O–H groups in total. The van der Waals surface area contributed by atoms with Gasteiger partial charge in [-0.3, -0.25) is 9.59 Å². The molecule has 0 aliphatic heterocycles. The smallest absolute Gasteiger partial charge is 0.326 e. The molecule has 182 valence electrons. The predicted molar refractivity (Wildman–Crippen MR) is 135 cm³/mol. The maximum absolute atomic E-state index is 12.8. The van der Waals surface area contributed by atoms with Crippen LogP contribution in [0.2, 0.25) is 0 Å². The van der Waals surface area contributed by atoms with Crippen LogP contribution in [0.3, 0.4) is 0 Å². The highest BCUT2D eigenvalue weighted by Gasteiger charge is 2.24. The number of amides is 2. The summed E-state index contributed by atoms with van der Waals surface area (Å²) in [5, 5.41) is 14.9. The number of oxazole rings is 1. The van der Waals surface area contributed by atoms with Crippen molar-refractivity contribution in [1.29, 1.82) is 0 Å². The van der Waals surface area contributed by atoms with E-state index in [1.54, 1.807) is 0 Å². The van der Waals surface area contributed by atoms with Crippen molar-refractivity contribution < 1.29 is 23.9 Å². The molecule has 4 aromatic rings. The number of rotatable bonds is 9. The Morgan fingerprint density at radius 2 is 1.67 bits per heavy atom. The Morgan fingerprint density at radius 3 is 2.36 bits per heavy atom. The largest absolute Gasteiger partial charge is 0.480 e. The first-order valence-corrected chi connectivity index (χ1v) is 11.4. The van der Waals surface area contributed by atoms with Gasteiger partial charge in [0.05, 0.1) is 0 Å². The van der Waals surface area contributed by atoms with Gasteiger partial charge >= 0.3 is 5.97 Å². The third-order valence-electron chi connectivity index (χ3n) is 5.58. The lowest BCUT2D eigenvalue weighted by Gasteiger charge is -2.14. The van der Waals surface area contributed by atoms with Gasteiger partial charge in [-0.2, -0.15) is 0 Å². The molecule has 0 spiro atoms. The molecular weight excluding hydrogens is 458 g/mol. The van der Waals surface area contributed by atoms with E-state index in [0.29, 0.717) is 17.9 Å². The summed E-state index contributed by atoms with van der Waals surface area (Å²) in [5.74, 6) is -1.52. The lowest BCUT2D eigenvalue weighted by molar-refractivity contribution is -0.139. The van der Waals surface area contributed by atoms with E-state index in [9.17, 15) is 19.5 Å². The number of anilines is 1. The molecule has 1 atom stereocenters. The fourth-order valence-corrected chi connectivity index (χ4v) is 3.84. The molecule has 1 heterocycles. The summed E-state index contributed by atoms with van der Waals surface area (Å²) in [7, 11) is 0. The second-order valence-corrected chi connectivity index (χ2v) is 8.31. The van der Waals surface area contributed by atoms with Gasteiger partial charge in [0.1, 0.15) is 11.8 Å². The Labute approximate surface area is 208 Å². The van der Waals surface area contributed by atoms with Crippen LogP contribution in [0, 0.1) is 0 Å². The normalized spacial score (nSPS) is 11.5. The monoisotopic (exact) mass is 483 g/mol. The second-order valence-electron chi connectivity index (χ2n) is 8.31. The Kier molecular flexibility index (Phi) is 7.55. The Balaban J connectivity index is 1.45. The third kappa shape index (κ3) is 6.24. The van der Waals surface area contributed by atoms with Crippen molar-refractivity contribution in [2.24, 2.45) is 0 Å². The van der Waals surface area contributed by atoms with Crippen LogP contribution in [-0.2, 0) is 22.4 Å². The molecule has 0 bridgehead atoms.